The number of benzene rings is 1. The maximum absolute atomic E-state index is 3.59. The number of aryl methyl sites for hydroxylation is 1. The van der Waals surface area contributed by atoms with Gasteiger partial charge in [0.05, 0.1) is 0 Å². The van der Waals surface area contributed by atoms with E-state index in [0.717, 1.165) is 6.04 Å². The largest absolute Gasteiger partial charge is 0.365 e. The average Bonchev–Trinajstić information content (AvgIpc) is 2.46. The van der Waals surface area contributed by atoms with Crippen molar-refractivity contribution in [2.24, 2.45) is 5.92 Å². The summed E-state index contributed by atoms with van der Waals surface area (Å²) in [5, 5.41) is 0. The van der Waals surface area contributed by atoms with Gasteiger partial charge in [-0.25, -0.2) is 0 Å². The number of hydrogen-bond donors (Lipinski definition) is 0. The van der Waals surface area contributed by atoms with Gasteiger partial charge in [0.2, 0.25) is 0 Å². The van der Waals surface area contributed by atoms with Crippen LogP contribution in [0.15, 0.2) is 22.7 Å². The van der Waals surface area contributed by atoms with Crippen molar-refractivity contribution < 1.29 is 0 Å². The molecule has 1 aromatic carbocycles. The lowest BCUT2D eigenvalue weighted by molar-refractivity contribution is 0.100. The second-order valence-electron chi connectivity index (χ2n) is 7.04. The molecule has 0 N–H and O–H groups in total. The van der Waals surface area contributed by atoms with E-state index in [-0.39, 0.29) is 0 Å². The van der Waals surface area contributed by atoms with E-state index in [9.17, 15) is 0 Å². The molecular weight excluding hydrogens is 324 g/mol. The summed E-state index contributed by atoms with van der Waals surface area (Å²) in [6.45, 7) is 10.7. The molecule has 2 heterocycles. The zero-order valence-corrected chi connectivity index (χ0v) is 15.1. The van der Waals surface area contributed by atoms with Gasteiger partial charge in [-0.15, -0.1) is 0 Å². The van der Waals surface area contributed by atoms with Gasteiger partial charge in [0.15, 0.2) is 0 Å². The Balaban J connectivity index is 1.90. The summed E-state index contributed by atoms with van der Waals surface area (Å²) in [5.41, 5.74) is 2.82. The zero-order valence-electron chi connectivity index (χ0n) is 13.5. The summed E-state index contributed by atoms with van der Waals surface area (Å²) in [7, 11) is 0. The predicted molar refractivity (Wildman–Crippen MR) is 94.1 cm³/mol. The fourth-order valence-electron chi connectivity index (χ4n) is 4.00. The second-order valence-corrected chi connectivity index (χ2v) is 7.95. The third-order valence-corrected chi connectivity index (χ3v) is 5.71. The summed E-state index contributed by atoms with van der Waals surface area (Å²) < 4.78 is 1.18. The van der Waals surface area contributed by atoms with Crippen LogP contribution in [0.3, 0.4) is 0 Å². The van der Waals surface area contributed by atoms with E-state index in [1.165, 1.54) is 54.6 Å². The van der Waals surface area contributed by atoms with Gasteiger partial charge in [-0.3, -0.25) is 4.90 Å². The van der Waals surface area contributed by atoms with Crippen LogP contribution in [0.5, 0.6) is 0 Å². The minimum absolute atomic E-state index is 0.638. The van der Waals surface area contributed by atoms with Crippen LogP contribution >= 0.6 is 15.9 Å². The van der Waals surface area contributed by atoms with Crippen LogP contribution in [0, 0.1) is 12.8 Å². The van der Waals surface area contributed by atoms with Crippen LogP contribution in [-0.2, 0) is 0 Å². The third kappa shape index (κ3) is 3.14. The first-order valence-electron chi connectivity index (χ1n) is 8.33. The molecule has 1 aromatic rings. The Morgan fingerprint density at radius 2 is 2.00 bits per heavy atom. The number of fused-ring (bicyclic) bond motifs is 1. The number of piperazine rings is 1. The lowest BCUT2D eigenvalue weighted by Crippen LogP contribution is -2.61. The van der Waals surface area contributed by atoms with E-state index in [0.29, 0.717) is 12.0 Å². The quantitative estimate of drug-likeness (QED) is 0.776. The van der Waals surface area contributed by atoms with Crippen LogP contribution in [0.25, 0.3) is 0 Å². The smallest absolute Gasteiger partial charge is 0.0440 e. The highest BCUT2D eigenvalue weighted by molar-refractivity contribution is 9.10. The van der Waals surface area contributed by atoms with Crippen molar-refractivity contribution in [3.05, 3.63) is 28.2 Å². The first-order chi connectivity index (χ1) is 10.1. The Morgan fingerprint density at radius 1 is 1.19 bits per heavy atom. The molecule has 2 fully saturated rings. The van der Waals surface area contributed by atoms with Gasteiger partial charge in [0.25, 0.3) is 0 Å². The number of rotatable bonds is 2. The van der Waals surface area contributed by atoms with Crippen molar-refractivity contribution in [3.63, 3.8) is 0 Å². The van der Waals surface area contributed by atoms with Gasteiger partial charge in [0.1, 0.15) is 0 Å². The van der Waals surface area contributed by atoms with Crippen molar-refractivity contribution in [1.29, 1.82) is 0 Å². The molecule has 2 saturated heterocycles. The highest BCUT2D eigenvalue weighted by Gasteiger charge is 2.36. The normalized spacial score (nSPS) is 27.0. The maximum atomic E-state index is 3.59. The van der Waals surface area contributed by atoms with Crippen LogP contribution in [0.4, 0.5) is 5.69 Å². The first-order valence-corrected chi connectivity index (χ1v) is 9.12. The maximum Gasteiger partial charge on any atom is 0.0440 e. The average molecular weight is 351 g/mol. The van der Waals surface area contributed by atoms with Gasteiger partial charge >= 0.3 is 0 Å². The van der Waals surface area contributed by atoms with E-state index in [1.54, 1.807) is 0 Å². The fourth-order valence-corrected chi connectivity index (χ4v) is 4.47. The summed E-state index contributed by atoms with van der Waals surface area (Å²) >= 11 is 3.59. The number of anilines is 1. The number of halogens is 1. The number of hydrogen-bond acceptors (Lipinski definition) is 2. The Kier molecular flexibility index (Phi) is 4.60. The Labute approximate surface area is 137 Å². The number of piperidine rings is 1. The molecule has 3 rings (SSSR count). The Bertz CT molecular complexity index is 500. The molecule has 2 aliphatic heterocycles. The fraction of sp³-hybridized carbons (Fsp3) is 0.667. The molecule has 0 spiro atoms. The molecule has 116 valence electrons. The van der Waals surface area contributed by atoms with Crippen LogP contribution < -0.4 is 4.90 Å². The van der Waals surface area contributed by atoms with E-state index in [2.05, 4.69) is 64.7 Å². The number of nitrogens with zero attached hydrogens (tertiary/aromatic N) is 2. The van der Waals surface area contributed by atoms with Gasteiger partial charge in [0, 0.05) is 35.3 Å². The Hall–Kier alpha value is -0.540. The molecule has 0 aromatic heterocycles. The lowest BCUT2D eigenvalue weighted by Gasteiger charge is -2.51. The molecule has 0 aliphatic carbocycles. The molecule has 3 heteroatoms. The van der Waals surface area contributed by atoms with E-state index in [4.69, 9.17) is 0 Å². The highest BCUT2D eigenvalue weighted by atomic mass is 79.9. The molecule has 21 heavy (non-hydrogen) atoms. The van der Waals surface area contributed by atoms with Crippen molar-refractivity contribution in [2.45, 2.75) is 52.1 Å². The molecule has 0 saturated carbocycles. The highest BCUT2D eigenvalue weighted by Crippen LogP contribution is 2.33. The summed E-state index contributed by atoms with van der Waals surface area (Å²) in [4.78, 5) is 5.44. The van der Waals surface area contributed by atoms with E-state index < -0.39 is 0 Å². The molecular formula is C18H27BrN2. The Morgan fingerprint density at radius 3 is 2.71 bits per heavy atom. The summed E-state index contributed by atoms with van der Waals surface area (Å²) in [6, 6.07) is 8.14. The van der Waals surface area contributed by atoms with E-state index in [1.807, 2.05) is 0 Å². The monoisotopic (exact) mass is 350 g/mol. The third-order valence-electron chi connectivity index (χ3n) is 5.22. The second kappa shape index (κ2) is 6.29. The molecule has 2 aliphatic rings. The molecule has 0 amide bonds. The van der Waals surface area contributed by atoms with Gasteiger partial charge in [-0.2, -0.15) is 0 Å². The minimum Gasteiger partial charge on any atom is -0.365 e. The minimum atomic E-state index is 0.638. The van der Waals surface area contributed by atoms with Crippen LogP contribution in [0.2, 0.25) is 0 Å². The molecule has 0 bridgehead atoms. The predicted octanol–water partition coefficient (Wildman–Crippen LogP) is 4.46. The first kappa shape index (κ1) is 15.4. The SMILES string of the molecule is Cc1cc(Br)ccc1N1CC2CCCCN2CC1C(C)C. The van der Waals surface area contributed by atoms with Crippen molar-refractivity contribution in [1.82, 2.24) is 4.90 Å². The van der Waals surface area contributed by atoms with Gasteiger partial charge in [-0.1, -0.05) is 36.2 Å². The van der Waals surface area contributed by atoms with Crippen molar-refractivity contribution >= 4 is 21.6 Å². The molecule has 0 radical (unpaired) electrons. The topological polar surface area (TPSA) is 6.48 Å². The zero-order chi connectivity index (χ0) is 15.0. The van der Waals surface area contributed by atoms with Crippen molar-refractivity contribution in [2.75, 3.05) is 24.5 Å². The van der Waals surface area contributed by atoms with Crippen LogP contribution in [-0.4, -0.2) is 36.6 Å². The summed E-state index contributed by atoms with van der Waals surface area (Å²) in [6.07, 6.45) is 4.16. The lowest BCUT2D eigenvalue weighted by atomic mass is 9.91. The van der Waals surface area contributed by atoms with Gasteiger partial charge < -0.3 is 4.90 Å². The molecule has 2 nitrogen and oxygen atoms in total. The summed E-state index contributed by atoms with van der Waals surface area (Å²) in [5.74, 6) is 0.691. The van der Waals surface area contributed by atoms with E-state index >= 15 is 0 Å². The standard InChI is InChI=1S/C18H27BrN2/c1-13(2)18-12-20-9-5-4-6-16(20)11-21(18)17-8-7-15(19)10-14(17)3/h7-8,10,13,16,18H,4-6,9,11-12H2,1-3H3. The molecule has 2 atom stereocenters. The molecule has 2 unspecified atom stereocenters. The van der Waals surface area contributed by atoms with Crippen LogP contribution in [0.1, 0.15) is 38.7 Å². The van der Waals surface area contributed by atoms with Crippen molar-refractivity contribution in [3.8, 4) is 0 Å². The van der Waals surface area contributed by atoms with Gasteiger partial charge in [-0.05, 0) is 56.0 Å².